The molecule has 0 aliphatic heterocycles. The summed E-state index contributed by atoms with van der Waals surface area (Å²) in [7, 11) is -3.31. The molecule has 1 fully saturated rings. The van der Waals surface area contributed by atoms with E-state index in [2.05, 4.69) is 4.72 Å². The fourth-order valence-corrected chi connectivity index (χ4v) is 3.85. The van der Waals surface area contributed by atoms with Gasteiger partial charge in [0.25, 0.3) is 0 Å². The van der Waals surface area contributed by atoms with Crippen LogP contribution in [0.3, 0.4) is 0 Å². The lowest BCUT2D eigenvalue weighted by atomic mass is 9.86. The molecule has 4 heteroatoms. The van der Waals surface area contributed by atoms with Gasteiger partial charge in [-0.3, -0.25) is 0 Å². The normalized spacial score (nSPS) is 17.5. The molecule has 0 atom stereocenters. The summed E-state index contributed by atoms with van der Waals surface area (Å²) in [6, 6.07) is 8.57. The van der Waals surface area contributed by atoms with E-state index >= 15 is 0 Å². The smallest absolute Gasteiger partial charge is 0.211 e. The average Bonchev–Trinajstić information content (AvgIpc) is 2.46. The van der Waals surface area contributed by atoms with E-state index in [1.165, 1.54) is 32.1 Å². The predicted octanol–water partition coefficient (Wildman–Crippen LogP) is 3.33. The zero-order valence-electron chi connectivity index (χ0n) is 11.3. The van der Waals surface area contributed by atoms with E-state index < -0.39 is 10.0 Å². The molecule has 0 spiro atoms. The van der Waals surface area contributed by atoms with Crippen LogP contribution in [-0.2, 0) is 10.0 Å². The summed E-state index contributed by atoms with van der Waals surface area (Å²) < 4.78 is 26.6. The maximum atomic E-state index is 12.0. The van der Waals surface area contributed by atoms with Gasteiger partial charge >= 0.3 is 0 Å². The molecule has 3 nitrogen and oxygen atoms in total. The highest BCUT2D eigenvalue weighted by molar-refractivity contribution is 7.89. The number of nitrogens with one attached hydrogen (secondary N) is 1. The maximum Gasteiger partial charge on any atom is 0.240 e. The van der Waals surface area contributed by atoms with Crippen molar-refractivity contribution in [2.24, 2.45) is 5.92 Å². The second-order valence-corrected chi connectivity index (χ2v) is 7.12. The van der Waals surface area contributed by atoms with Crippen molar-refractivity contribution in [2.75, 3.05) is 6.54 Å². The Morgan fingerprint density at radius 3 is 2.42 bits per heavy atom. The number of sulfonamides is 1. The highest BCUT2D eigenvalue weighted by Gasteiger charge is 2.15. The van der Waals surface area contributed by atoms with Crippen LogP contribution in [0.15, 0.2) is 35.2 Å². The van der Waals surface area contributed by atoms with Crippen molar-refractivity contribution in [1.29, 1.82) is 0 Å². The molecule has 0 saturated heterocycles. The van der Waals surface area contributed by atoms with E-state index in [0.717, 1.165) is 18.8 Å². The minimum atomic E-state index is -3.31. The number of hydrogen-bond acceptors (Lipinski definition) is 2. The molecule has 1 saturated carbocycles. The summed E-state index contributed by atoms with van der Waals surface area (Å²) in [5, 5.41) is 0. The Kier molecular flexibility index (Phi) is 5.40. The molecular formula is C15H23NO2S. The largest absolute Gasteiger partial charge is 0.240 e. The summed E-state index contributed by atoms with van der Waals surface area (Å²) >= 11 is 0. The lowest BCUT2D eigenvalue weighted by Crippen LogP contribution is -2.25. The lowest BCUT2D eigenvalue weighted by molar-refractivity contribution is 0.333. The topological polar surface area (TPSA) is 46.2 Å². The molecule has 1 aromatic rings. The third-order valence-electron chi connectivity index (χ3n) is 3.86. The van der Waals surface area contributed by atoms with E-state index in [-0.39, 0.29) is 0 Å². The van der Waals surface area contributed by atoms with Gasteiger partial charge in [-0.1, -0.05) is 50.3 Å². The summed E-state index contributed by atoms with van der Waals surface area (Å²) in [5.74, 6) is 0.815. The molecule has 1 aromatic carbocycles. The molecule has 0 aromatic heterocycles. The number of rotatable bonds is 6. The molecule has 0 bridgehead atoms. The van der Waals surface area contributed by atoms with Crippen molar-refractivity contribution in [1.82, 2.24) is 4.72 Å². The minimum Gasteiger partial charge on any atom is -0.211 e. The Morgan fingerprint density at radius 1 is 1.05 bits per heavy atom. The van der Waals surface area contributed by atoms with E-state index in [9.17, 15) is 8.42 Å². The van der Waals surface area contributed by atoms with Crippen LogP contribution in [0.4, 0.5) is 0 Å². The lowest BCUT2D eigenvalue weighted by Gasteiger charge is -2.21. The second-order valence-electron chi connectivity index (χ2n) is 5.36. The van der Waals surface area contributed by atoms with E-state index in [0.29, 0.717) is 11.4 Å². The van der Waals surface area contributed by atoms with Gasteiger partial charge in [-0.05, 0) is 30.9 Å². The number of benzene rings is 1. The van der Waals surface area contributed by atoms with Gasteiger partial charge in [-0.15, -0.1) is 0 Å². The van der Waals surface area contributed by atoms with Crippen molar-refractivity contribution in [3.63, 3.8) is 0 Å². The average molecular weight is 281 g/mol. The fraction of sp³-hybridized carbons (Fsp3) is 0.600. The summed E-state index contributed by atoms with van der Waals surface area (Å²) in [6.45, 7) is 0.549. The standard InChI is InChI=1S/C15H23NO2S/c17-19(18,15-11-5-2-6-12-15)16-13-7-10-14-8-3-1-4-9-14/h2,5-6,11-12,14,16H,1,3-4,7-10,13H2. The van der Waals surface area contributed by atoms with Crippen molar-refractivity contribution in [3.05, 3.63) is 30.3 Å². The third kappa shape index (κ3) is 4.62. The highest BCUT2D eigenvalue weighted by atomic mass is 32.2. The van der Waals surface area contributed by atoms with Crippen LogP contribution >= 0.6 is 0 Å². The van der Waals surface area contributed by atoms with Gasteiger partial charge in [-0.25, -0.2) is 13.1 Å². The predicted molar refractivity (Wildman–Crippen MR) is 77.4 cm³/mol. The van der Waals surface area contributed by atoms with Crippen LogP contribution in [0, 0.1) is 5.92 Å². The fourth-order valence-electron chi connectivity index (χ4n) is 2.76. The molecule has 106 valence electrons. The van der Waals surface area contributed by atoms with Gasteiger partial charge in [-0.2, -0.15) is 0 Å². The second kappa shape index (κ2) is 7.06. The summed E-state index contributed by atoms with van der Waals surface area (Å²) in [4.78, 5) is 0.354. The van der Waals surface area contributed by atoms with Gasteiger partial charge in [0.2, 0.25) is 10.0 Å². The van der Waals surface area contributed by atoms with Gasteiger partial charge < -0.3 is 0 Å². The molecular weight excluding hydrogens is 258 g/mol. The maximum absolute atomic E-state index is 12.0. The van der Waals surface area contributed by atoms with E-state index in [1.807, 2.05) is 6.07 Å². The van der Waals surface area contributed by atoms with Gasteiger partial charge in [0.1, 0.15) is 0 Å². The van der Waals surface area contributed by atoms with E-state index in [4.69, 9.17) is 0 Å². The first-order chi connectivity index (χ1) is 9.18. The van der Waals surface area contributed by atoms with Crippen LogP contribution < -0.4 is 4.72 Å². The Labute approximate surface area is 116 Å². The van der Waals surface area contributed by atoms with Crippen LogP contribution in [-0.4, -0.2) is 15.0 Å². The first-order valence-electron chi connectivity index (χ1n) is 7.23. The summed E-state index contributed by atoms with van der Waals surface area (Å²) in [6.07, 6.45) is 8.81. The molecule has 0 unspecified atom stereocenters. The zero-order valence-corrected chi connectivity index (χ0v) is 12.2. The Morgan fingerprint density at radius 2 is 1.74 bits per heavy atom. The first-order valence-corrected chi connectivity index (χ1v) is 8.71. The van der Waals surface area contributed by atoms with Crippen LogP contribution in [0.5, 0.6) is 0 Å². The van der Waals surface area contributed by atoms with Crippen molar-refractivity contribution < 1.29 is 8.42 Å². The SMILES string of the molecule is O=S(=O)(NCCCC1CCCCC1)c1ccccc1. The van der Waals surface area contributed by atoms with Crippen LogP contribution in [0.1, 0.15) is 44.9 Å². The van der Waals surface area contributed by atoms with Crippen LogP contribution in [0.2, 0.25) is 0 Å². The Balaban J connectivity index is 1.73. The number of hydrogen-bond donors (Lipinski definition) is 1. The molecule has 2 rings (SSSR count). The minimum absolute atomic E-state index is 0.354. The Hall–Kier alpha value is -0.870. The molecule has 0 amide bonds. The summed E-state index contributed by atoms with van der Waals surface area (Å²) in [5.41, 5.74) is 0. The Bertz CT molecular complexity index is 464. The molecule has 0 heterocycles. The van der Waals surface area contributed by atoms with Gasteiger partial charge in [0.05, 0.1) is 4.90 Å². The molecule has 1 aliphatic carbocycles. The van der Waals surface area contributed by atoms with Gasteiger partial charge in [0.15, 0.2) is 0 Å². The monoisotopic (exact) mass is 281 g/mol. The third-order valence-corrected chi connectivity index (χ3v) is 5.34. The molecule has 0 radical (unpaired) electrons. The van der Waals surface area contributed by atoms with Crippen molar-refractivity contribution in [3.8, 4) is 0 Å². The highest BCUT2D eigenvalue weighted by Crippen LogP contribution is 2.27. The van der Waals surface area contributed by atoms with Crippen molar-refractivity contribution in [2.45, 2.75) is 49.8 Å². The first kappa shape index (κ1) is 14.5. The molecule has 1 N–H and O–H groups in total. The van der Waals surface area contributed by atoms with E-state index in [1.54, 1.807) is 24.3 Å². The molecule has 1 aliphatic rings. The van der Waals surface area contributed by atoms with Crippen LogP contribution in [0.25, 0.3) is 0 Å². The quantitative estimate of drug-likeness (QED) is 0.813. The zero-order chi connectivity index (χ0) is 13.6. The van der Waals surface area contributed by atoms with Crippen molar-refractivity contribution >= 4 is 10.0 Å². The molecule has 19 heavy (non-hydrogen) atoms. The van der Waals surface area contributed by atoms with Gasteiger partial charge in [0, 0.05) is 6.54 Å².